The molecular weight excluding hydrogens is 380 g/mol. The molecule has 7 nitrogen and oxygen atoms in total. The van der Waals surface area contributed by atoms with Gasteiger partial charge in [0.15, 0.2) is 0 Å². The van der Waals surface area contributed by atoms with Crippen LogP contribution >= 0.6 is 11.6 Å². The van der Waals surface area contributed by atoms with Crippen molar-refractivity contribution in [1.82, 2.24) is 9.97 Å². The second kappa shape index (κ2) is 8.58. The van der Waals surface area contributed by atoms with Gasteiger partial charge in [0.1, 0.15) is 11.5 Å². The smallest absolute Gasteiger partial charge is 0.258 e. The summed E-state index contributed by atoms with van der Waals surface area (Å²) in [5.41, 5.74) is 2.56. The Balaban J connectivity index is 1.75. The van der Waals surface area contributed by atoms with Crippen LogP contribution in [0.25, 0.3) is 0 Å². The van der Waals surface area contributed by atoms with Crippen molar-refractivity contribution in [2.45, 2.75) is 6.92 Å². The summed E-state index contributed by atoms with van der Waals surface area (Å²) in [6.45, 7) is 1.98. The minimum absolute atomic E-state index is 0.295. The van der Waals surface area contributed by atoms with Crippen molar-refractivity contribution in [2.75, 3.05) is 24.9 Å². The number of hydrogen-bond donors (Lipinski definition) is 2. The summed E-state index contributed by atoms with van der Waals surface area (Å²) in [7, 11) is 3.11. The Bertz CT molecular complexity index is 993. The van der Waals surface area contributed by atoms with Gasteiger partial charge in [-0.05, 0) is 42.8 Å². The molecule has 0 saturated heterocycles. The number of rotatable bonds is 6. The highest BCUT2D eigenvalue weighted by atomic mass is 35.5. The molecule has 0 aliphatic rings. The number of nitrogens with zero attached hydrogens (tertiary/aromatic N) is 2. The molecule has 0 aliphatic heterocycles. The van der Waals surface area contributed by atoms with Gasteiger partial charge in [0.2, 0.25) is 5.95 Å². The van der Waals surface area contributed by atoms with Gasteiger partial charge < -0.3 is 20.1 Å². The van der Waals surface area contributed by atoms with Gasteiger partial charge in [-0.3, -0.25) is 4.79 Å². The van der Waals surface area contributed by atoms with Crippen molar-refractivity contribution in [3.05, 3.63) is 64.9 Å². The Morgan fingerprint density at radius 1 is 0.964 bits per heavy atom. The summed E-state index contributed by atoms with van der Waals surface area (Å²) >= 11 is 5.99. The van der Waals surface area contributed by atoms with E-state index in [1.807, 2.05) is 25.1 Å². The van der Waals surface area contributed by atoms with Gasteiger partial charge >= 0.3 is 0 Å². The normalized spacial score (nSPS) is 10.3. The molecule has 0 bridgehead atoms. The largest absolute Gasteiger partial charge is 0.495 e. The van der Waals surface area contributed by atoms with E-state index in [1.165, 1.54) is 19.5 Å². The van der Waals surface area contributed by atoms with Crippen LogP contribution in [0.5, 0.6) is 11.5 Å². The quantitative estimate of drug-likeness (QED) is 0.638. The van der Waals surface area contributed by atoms with Crippen LogP contribution < -0.4 is 20.1 Å². The van der Waals surface area contributed by atoms with Gasteiger partial charge in [0.05, 0.1) is 31.2 Å². The first-order chi connectivity index (χ1) is 13.5. The molecule has 3 rings (SSSR count). The average Bonchev–Trinajstić information content (AvgIpc) is 2.69. The van der Waals surface area contributed by atoms with Crippen LogP contribution in [0.2, 0.25) is 5.02 Å². The molecule has 28 heavy (non-hydrogen) atoms. The number of hydrogen-bond acceptors (Lipinski definition) is 6. The van der Waals surface area contributed by atoms with E-state index in [0.717, 1.165) is 11.3 Å². The minimum Gasteiger partial charge on any atom is -0.495 e. The van der Waals surface area contributed by atoms with E-state index in [-0.39, 0.29) is 5.91 Å². The standard InChI is InChI=1S/C20H19ClN4O3/c1-12-4-6-17(27-2)15(8-12)25-20-22-10-13(11-23-20)19(26)24-16-9-14(21)5-7-18(16)28-3/h4-11H,1-3H3,(H,24,26)(H,22,23,25). The Morgan fingerprint density at radius 2 is 1.61 bits per heavy atom. The predicted molar refractivity (Wildman–Crippen MR) is 109 cm³/mol. The number of carbonyl (C=O) groups excluding carboxylic acids is 1. The lowest BCUT2D eigenvalue weighted by molar-refractivity contribution is 0.102. The van der Waals surface area contributed by atoms with Gasteiger partial charge in [-0.1, -0.05) is 17.7 Å². The maximum absolute atomic E-state index is 12.5. The first-order valence-electron chi connectivity index (χ1n) is 8.38. The first-order valence-corrected chi connectivity index (χ1v) is 8.76. The summed E-state index contributed by atoms with van der Waals surface area (Å²) < 4.78 is 10.6. The summed E-state index contributed by atoms with van der Waals surface area (Å²) in [6.07, 6.45) is 2.87. The molecule has 3 aromatic rings. The molecule has 144 valence electrons. The molecule has 0 unspecified atom stereocenters. The zero-order valence-corrected chi connectivity index (χ0v) is 16.4. The molecule has 0 spiro atoms. The van der Waals surface area contributed by atoms with E-state index in [4.69, 9.17) is 21.1 Å². The highest BCUT2D eigenvalue weighted by Crippen LogP contribution is 2.29. The van der Waals surface area contributed by atoms with Crippen LogP contribution in [0.15, 0.2) is 48.8 Å². The molecule has 8 heteroatoms. The SMILES string of the molecule is COc1ccc(Cl)cc1NC(=O)c1cnc(Nc2cc(C)ccc2OC)nc1. The second-order valence-electron chi connectivity index (χ2n) is 5.92. The van der Waals surface area contributed by atoms with Gasteiger partial charge in [-0.15, -0.1) is 0 Å². The minimum atomic E-state index is -0.375. The monoisotopic (exact) mass is 398 g/mol. The van der Waals surface area contributed by atoms with Crippen molar-refractivity contribution in [1.29, 1.82) is 0 Å². The maximum Gasteiger partial charge on any atom is 0.258 e. The molecule has 0 radical (unpaired) electrons. The lowest BCUT2D eigenvalue weighted by Crippen LogP contribution is -2.14. The predicted octanol–water partition coefficient (Wildman–Crippen LogP) is 4.45. The number of nitrogens with one attached hydrogen (secondary N) is 2. The third-order valence-corrected chi connectivity index (χ3v) is 4.16. The van der Waals surface area contributed by atoms with E-state index < -0.39 is 0 Å². The second-order valence-corrected chi connectivity index (χ2v) is 6.36. The Morgan fingerprint density at radius 3 is 2.29 bits per heavy atom. The summed E-state index contributed by atoms with van der Waals surface area (Å²) in [5, 5.41) is 6.32. The van der Waals surface area contributed by atoms with Crippen molar-refractivity contribution in [2.24, 2.45) is 0 Å². The van der Waals surface area contributed by atoms with Gasteiger partial charge in [-0.2, -0.15) is 0 Å². The van der Waals surface area contributed by atoms with E-state index in [2.05, 4.69) is 20.6 Å². The number of anilines is 3. The number of ether oxygens (including phenoxy) is 2. The number of methoxy groups -OCH3 is 2. The molecule has 0 atom stereocenters. The lowest BCUT2D eigenvalue weighted by atomic mass is 10.2. The van der Waals surface area contributed by atoms with E-state index in [0.29, 0.717) is 33.7 Å². The molecule has 0 saturated carbocycles. The topological polar surface area (TPSA) is 85.4 Å². The molecule has 0 aliphatic carbocycles. The number of aromatic nitrogens is 2. The average molecular weight is 399 g/mol. The highest BCUT2D eigenvalue weighted by molar-refractivity contribution is 6.31. The zero-order valence-electron chi connectivity index (χ0n) is 15.6. The summed E-state index contributed by atoms with van der Waals surface area (Å²) in [6, 6.07) is 10.7. The lowest BCUT2D eigenvalue weighted by Gasteiger charge is -2.12. The third-order valence-electron chi connectivity index (χ3n) is 3.93. The van der Waals surface area contributed by atoms with Crippen molar-refractivity contribution in [3.8, 4) is 11.5 Å². The molecule has 1 aromatic heterocycles. The molecule has 1 amide bonds. The zero-order chi connectivity index (χ0) is 20.1. The molecule has 2 N–H and O–H groups in total. The van der Waals surface area contributed by atoms with Crippen molar-refractivity contribution >= 4 is 34.8 Å². The van der Waals surface area contributed by atoms with Crippen molar-refractivity contribution < 1.29 is 14.3 Å². The third kappa shape index (κ3) is 4.50. The van der Waals surface area contributed by atoms with Crippen molar-refractivity contribution in [3.63, 3.8) is 0 Å². The van der Waals surface area contributed by atoms with Crippen LogP contribution in [0.4, 0.5) is 17.3 Å². The number of amides is 1. The first kappa shape index (κ1) is 19.4. The Labute approximate surface area is 167 Å². The van der Waals surface area contributed by atoms with E-state index in [9.17, 15) is 4.79 Å². The Hall–Kier alpha value is -3.32. The molecular formula is C20H19ClN4O3. The van der Waals surface area contributed by atoms with Gasteiger partial charge in [0.25, 0.3) is 5.91 Å². The van der Waals surface area contributed by atoms with Crippen LogP contribution in [0.1, 0.15) is 15.9 Å². The van der Waals surface area contributed by atoms with Crippen LogP contribution in [-0.2, 0) is 0 Å². The fourth-order valence-electron chi connectivity index (χ4n) is 2.52. The highest BCUT2D eigenvalue weighted by Gasteiger charge is 2.12. The fourth-order valence-corrected chi connectivity index (χ4v) is 2.69. The Kier molecular flexibility index (Phi) is 5.96. The van der Waals surface area contributed by atoms with Gasteiger partial charge in [-0.25, -0.2) is 9.97 Å². The molecule has 2 aromatic carbocycles. The number of benzene rings is 2. The van der Waals surface area contributed by atoms with E-state index >= 15 is 0 Å². The number of aryl methyl sites for hydroxylation is 1. The van der Waals surface area contributed by atoms with Crippen LogP contribution in [0.3, 0.4) is 0 Å². The maximum atomic E-state index is 12.5. The number of carbonyl (C=O) groups is 1. The van der Waals surface area contributed by atoms with Crippen LogP contribution in [0, 0.1) is 6.92 Å². The van der Waals surface area contributed by atoms with Gasteiger partial charge in [0, 0.05) is 17.4 Å². The molecule has 0 fully saturated rings. The van der Waals surface area contributed by atoms with Crippen LogP contribution in [-0.4, -0.2) is 30.1 Å². The summed E-state index contributed by atoms with van der Waals surface area (Å²) in [5.74, 6) is 1.15. The molecule has 1 heterocycles. The number of halogens is 1. The summed E-state index contributed by atoms with van der Waals surface area (Å²) in [4.78, 5) is 20.9. The fraction of sp³-hybridized carbons (Fsp3) is 0.150. The van der Waals surface area contributed by atoms with E-state index in [1.54, 1.807) is 25.3 Å².